The van der Waals surface area contributed by atoms with Gasteiger partial charge >= 0.3 is 0 Å². The maximum absolute atomic E-state index is 10.9. The van der Waals surface area contributed by atoms with E-state index in [-0.39, 0.29) is 5.75 Å². The van der Waals surface area contributed by atoms with E-state index in [0.29, 0.717) is 22.5 Å². The van der Waals surface area contributed by atoms with Gasteiger partial charge in [-0.3, -0.25) is 9.89 Å². The summed E-state index contributed by atoms with van der Waals surface area (Å²) in [7, 11) is 0. The van der Waals surface area contributed by atoms with Crippen LogP contribution in [0.25, 0.3) is 22.4 Å². The number of thioether (sulfide) groups is 1. The molecule has 2 aromatic heterocycles. The van der Waals surface area contributed by atoms with Crippen LogP contribution < -0.4 is 0 Å². The first-order valence-corrected chi connectivity index (χ1v) is 9.22. The molecule has 28 heavy (non-hydrogen) atoms. The predicted octanol–water partition coefficient (Wildman–Crippen LogP) is 4.00. The molecule has 0 radical (unpaired) electrons. The molecule has 8 heteroatoms. The fourth-order valence-corrected chi connectivity index (χ4v) is 3.08. The number of amides is 1. The molecule has 0 aliphatic heterocycles. The first-order valence-electron chi connectivity index (χ1n) is 8.24. The van der Waals surface area contributed by atoms with E-state index in [1.165, 1.54) is 0 Å². The van der Waals surface area contributed by atoms with Crippen LogP contribution in [0.5, 0.6) is 0 Å². The molecule has 4 aromatic rings. The molecule has 0 saturated carbocycles. The molecule has 4 rings (SSSR count). The van der Waals surface area contributed by atoms with Crippen molar-refractivity contribution in [3.05, 3.63) is 70.8 Å². The fraction of sp³-hybridized carbons (Fsp3) is 0.0500. The predicted molar refractivity (Wildman–Crippen MR) is 106 cm³/mol. The summed E-state index contributed by atoms with van der Waals surface area (Å²) in [4.78, 5) is 25.2. The normalized spacial score (nSPS) is 10.4. The van der Waals surface area contributed by atoms with E-state index in [4.69, 9.17) is 4.42 Å². The number of fused-ring (bicyclic) bond motifs is 1. The van der Waals surface area contributed by atoms with Crippen molar-refractivity contribution < 1.29 is 9.21 Å². The SMILES string of the molecule is O=NC(=O)CSc1n[nH]c(-c2ccc(C#Cc3ccc4ccccc4c3)o2)n1. The number of carbonyl (C=O) groups is 1. The Labute approximate surface area is 163 Å². The smallest absolute Gasteiger partial charge is 0.296 e. The van der Waals surface area contributed by atoms with Crippen LogP contribution in [-0.4, -0.2) is 26.8 Å². The third-order valence-corrected chi connectivity index (χ3v) is 4.64. The molecule has 0 spiro atoms. The number of nitroso groups, excluding NO2 is 1. The van der Waals surface area contributed by atoms with Crippen LogP contribution in [0.4, 0.5) is 0 Å². The van der Waals surface area contributed by atoms with Crippen molar-refractivity contribution >= 4 is 28.4 Å². The molecule has 136 valence electrons. The number of carbonyl (C=O) groups excluding carboxylic acids is 1. The van der Waals surface area contributed by atoms with Gasteiger partial charge < -0.3 is 4.42 Å². The number of aromatic amines is 1. The second-order valence-electron chi connectivity index (χ2n) is 5.72. The summed E-state index contributed by atoms with van der Waals surface area (Å²) in [6.07, 6.45) is 0. The molecule has 7 nitrogen and oxygen atoms in total. The molecule has 0 aliphatic carbocycles. The number of hydrogen-bond acceptors (Lipinski definition) is 6. The van der Waals surface area contributed by atoms with Gasteiger partial charge in [0.05, 0.1) is 5.75 Å². The van der Waals surface area contributed by atoms with Crippen molar-refractivity contribution in [3.8, 4) is 23.4 Å². The molecular weight excluding hydrogens is 376 g/mol. The largest absolute Gasteiger partial charge is 0.444 e. The summed E-state index contributed by atoms with van der Waals surface area (Å²) in [6, 6.07) is 17.6. The van der Waals surface area contributed by atoms with Crippen molar-refractivity contribution in [2.24, 2.45) is 5.18 Å². The van der Waals surface area contributed by atoms with Gasteiger partial charge in [-0.15, -0.1) is 10.0 Å². The highest BCUT2D eigenvalue weighted by Crippen LogP contribution is 2.21. The Hall–Kier alpha value is -3.70. The Bertz CT molecular complexity index is 1230. The number of furan rings is 1. The van der Waals surface area contributed by atoms with Crippen LogP contribution in [0.3, 0.4) is 0 Å². The van der Waals surface area contributed by atoms with Gasteiger partial charge in [-0.1, -0.05) is 48.0 Å². The minimum absolute atomic E-state index is 0.110. The zero-order valence-corrected chi connectivity index (χ0v) is 15.2. The molecular formula is C20H12N4O3S. The van der Waals surface area contributed by atoms with E-state index < -0.39 is 5.91 Å². The van der Waals surface area contributed by atoms with E-state index in [0.717, 1.165) is 28.1 Å². The molecule has 1 amide bonds. The van der Waals surface area contributed by atoms with Crippen LogP contribution >= 0.6 is 11.8 Å². The number of hydrogen-bond donors (Lipinski definition) is 1. The number of aromatic nitrogens is 3. The van der Waals surface area contributed by atoms with Gasteiger partial charge in [0.2, 0.25) is 5.16 Å². The monoisotopic (exact) mass is 388 g/mol. The standard InChI is InChI=1S/C20H12N4O3S/c25-18(24-26)12-28-20-21-19(22-23-20)17-10-9-16(27-17)8-6-13-5-7-14-3-1-2-4-15(14)11-13/h1-5,7,9-11H,12H2,(H,21,22,23). The van der Waals surface area contributed by atoms with Crippen molar-refractivity contribution in [1.82, 2.24) is 15.2 Å². The Morgan fingerprint density at radius 3 is 2.82 bits per heavy atom. The minimum atomic E-state index is -0.763. The molecule has 0 unspecified atom stereocenters. The maximum atomic E-state index is 10.9. The average Bonchev–Trinajstić information content (AvgIpc) is 3.39. The summed E-state index contributed by atoms with van der Waals surface area (Å²) in [5.41, 5.74) is 0.892. The molecule has 0 bridgehead atoms. The van der Waals surface area contributed by atoms with Gasteiger partial charge in [0.15, 0.2) is 17.3 Å². The Balaban J connectivity index is 1.49. The lowest BCUT2D eigenvalue weighted by atomic mass is 10.1. The van der Waals surface area contributed by atoms with E-state index in [2.05, 4.69) is 38.3 Å². The molecule has 2 heterocycles. The van der Waals surface area contributed by atoms with Gasteiger partial charge in [-0.25, -0.2) is 0 Å². The molecule has 0 aliphatic rings. The Kier molecular flexibility index (Phi) is 4.99. The highest BCUT2D eigenvalue weighted by molar-refractivity contribution is 7.99. The zero-order valence-electron chi connectivity index (χ0n) is 14.4. The molecule has 0 saturated heterocycles. The van der Waals surface area contributed by atoms with Crippen LogP contribution in [0.15, 0.2) is 69.3 Å². The Morgan fingerprint density at radius 1 is 1.11 bits per heavy atom. The van der Waals surface area contributed by atoms with Gasteiger partial charge in [0.1, 0.15) is 0 Å². The van der Waals surface area contributed by atoms with E-state index in [9.17, 15) is 9.70 Å². The van der Waals surface area contributed by atoms with Crippen molar-refractivity contribution in [2.75, 3.05) is 5.75 Å². The lowest BCUT2D eigenvalue weighted by molar-refractivity contribution is -0.115. The second-order valence-corrected chi connectivity index (χ2v) is 6.66. The van der Waals surface area contributed by atoms with Gasteiger partial charge in [0.25, 0.3) is 5.91 Å². The van der Waals surface area contributed by atoms with Crippen LogP contribution in [0, 0.1) is 16.7 Å². The van der Waals surface area contributed by atoms with Gasteiger partial charge in [-0.05, 0) is 41.0 Å². The quantitative estimate of drug-likeness (QED) is 0.322. The lowest BCUT2D eigenvalue weighted by Gasteiger charge is -1.97. The third kappa shape index (κ3) is 4.00. The Morgan fingerprint density at radius 2 is 1.96 bits per heavy atom. The summed E-state index contributed by atoms with van der Waals surface area (Å²) in [5, 5.41) is 11.6. The highest BCUT2D eigenvalue weighted by Gasteiger charge is 2.11. The first kappa shape index (κ1) is 17.7. The molecule has 1 N–H and O–H groups in total. The summed E-state index contributed by atoms with van der Waals surface area (Å²) in [5.74, 6) is 6.59. The topological polar surface area (TPSA) is 101 Å². The van der Waals surface area contributed by atoms with Crippen molar-refractivity contribution in [2.45, 2.75) is 5.16 Å². The van der Waals surface area contributed by atoms with Crippen molar-refractivity contribution in [3.63, 3.8) is 0 Å². The first-order chi connectivity index (χ1) is 13.7. The van der Waals surface area contributed by atoms with Crippen LogP contribution in [0.1, 0.15) is 11.3 Å². The molecule has 0 fully saturated rings. The molecule has 2 aromatic carbocycles. The van der Waals surface area contributed by atoms with Gasteiger partial charge in [-0.2, -0.15) is 4.98 Å². The maximum Gasteiger partial charge on any atom is 0.296 e. The second kappa shape index (κ2) is 7.90. The minimum Gasteiger partial charge on any atom is -0.444 e. The van der Waals surface area contributed by atoms with Crippen LogP contribution in [0.2, 0.25) is 0 Å². The van der Waals surface area contributed by atoms with E-state index in [1.807, 2.05) is 36.4 Å². The number of benzene rings is 2. The lowest BCUT2D eigenvalue weighted by Crippen LogP contribution is -1.95. The number of rotatable bonds is 4. The number of nitrogens with zero attached hydrogens (tertiary/aromatic N) is 3. The zero-order chi connectivity index (χ0) is 19.3. The summed E-state index contributed by atoms with van der Waals surface area (Å²) >= 11 is 1.02. The average molecular weight is 388 g/mol. The number of nitrogens with one attached hydrogen (secondary N) is 1. The van der Waals surface area contributed by atoms with Crippen molar-refractivity contribution in [1.29, 1.82) is 0 Å². The van der Waals surface area contributed by atoms with E-state index >= 15 is 0 Å². The van der Waals surface area contributed by atoms with Gasteiger partial charge in [0, 0.05) is 10.7 Å². The molecule has 0 atom stereocenters. The summed E-state index contributed by atoms with van der Waals surface area (Å²) < 4.78 is 5.69. The number of H-pyrrole nitrogens is 1. The van der Waals surface area contributed by atoms with Crippen LogP contribution in [-0.2, 0) is 4.79 Å². The third-order valence-electron chi connectivity index (χ3n) is 3.81. The highest BCUT2D eigenvalue weighted by atomic mass is 32.2. The van der Waals surface area contributed by atoms with E-state index in [1.54, 1.807) is 12.1 Å². The fourth-order valence-electron chi connectivity index (χ4n) is 2.51. The summed E-state index contributed by atoms with van der Waals surface area (Å²) in [6.45, 7) is 0.